The van der Waals surface area contributed by atoms with Crippen molar-refractivity contribution in [1.29, 1.82) is 0 Å². The van der Waals surface area contributed by atoms with Crippen LogP contribution in [-0.4, -0.2) is 35.0 Å². The van der Waals surface area contributed by atoms with E-state index in [-0.39, 0.29) is 17.8 Å². The zero-order valence-corrected chi connectivity index (χ0v) is 13.1. The van der Waals surface area contributed by atoms with Crippen LogP contribution in [0.2, 0.25) is 0 Å². The summed E-state index contributed by atoms with van der Waals surface area (Å²) in [6, 6.07) is 0.158. The Balaban J connectivity index is 1.76. The molecule has 0 aliphatic carbocycles. The van der Waals surface area contributed by atoms with E-state index in [0.717, 1.165) is 30.3 Å². The quantitative estimate of drug-likeness (QED) is 0.784. The number of nitrogens with two attached hydrogens (primary N) is 2. The van der Waals surface area contributed by atoms with Crippen molar-refractivity contribution in [1.82, 2.24) is 9.97 Å². The minimum Gasteiger partial charge on any atom is -0.382 e. The second-order valence-corrected chi connectivity index (χ2v) is 6.79. The third-order valence-corrected chi connectivity index (χ3v) is 5.19. The molecule has 1 fully saturated rings. The molecule has 21 heavy (non-hydrogen) atoms. The topological polar surface area (TPSA) is 110 Å². The second kappa shape index (κ2) is 5.58. The third-order valence-electron chi connectivity index (χ3n) is 3.18. The largest absolute Gasteiger partial charge is 0.382 e. The van der Waals surface area contributed by atoms with Gasteiger partial charge >= 0.3 is 0 Å². The summed E-state index contributed by atoms with van der Waals surface area (Å²) in [6.07, 6.45) is 0.930. The summed E-state index contributed by atoms with van der Waals surface area (Å²) in [5.74, 6) is -0.0182. The highest BCUT2D eigenvalue weighted by Gasteiger charge is 2.25. The normalized spacial score (nSPS) is 18.2. The summed E-state index contributed by atoms with van der Waals surface area (Å²) >= 11 is 2.68. The number of hydrogen-bond donors (Lipinski definition) is 3. The molecule has 1 aliphatic rings. The molecule has 1 amide bonds. The van der Waals surface area contributed by atoms with Crippen LogP contribution in [0.4, 0.5) is 16.1 Å². The molecule has 5 N–H and O–H groups in total. The van der Waals surface area contributed by atoms with E-state index in [9.17, 15) is 4.79 Å². The summed E-state index contributed by atoms with van der Waals surface area (Å²) in [5, 5.41) is 5.94. The number of anilines is 3. The molecule has 2 aromatic rings. The van der Waals surface area contributed by atoms with E-state index in [1.54, 1.807) is 0 Å². The highest BCUT2D eigenvalue weighted by atomic mass is 32.1. The standard InChI is InChI=1S/C12H16N6OS2/c1-6-5-20-11(15-6)17-10(19)8-9(14)16-12(21-8)18-3-2-7(13)4-18/h5,7H,2-4,13-14H2,1H3,(H,15,17,19). The number of nitrogens with zero attached hydrogens (tertiary/aromatic N) is 3. The summed E-state index contributed by atoms with van der Waals surface area (Å²) in [5.41, 5.74) is 12.6. The van der Waals surface area contributed by atoms with E-state index >= 15 is 0 Å². The number of carbonyl (C=O) groups excluding carboxylic acids is 1. The lowest BCUT2D eigenvalue weighted by atomic mass is 10.3. The molecule has 3 heterocycles. The van der Waals surface area contributed by atoms with Gasteiger partial charge in [0.15, 0.2) is 10.3 Å². The van der Waals surface area contributed by atoms with Gasteiger partial charge in [-0.2, -0.15) is 0 Å². The summed E-state index contributed by atoms with van der Waals surface area (Å²) in [7, 11) is 0. The molecule has 0 radical (unpaired) electrons. The zero-order valence-electron chi connectivity index (χ0n) is 11.5. The van der Waals surface area contributed by atoms with Gasteiger partial charge in [0.1, 0.15) is 10.7 Å². The number of hydrogen-bond acceptors (Lipinski definition) is 8. The Labute approximate surface area is 130 Å². The van der Waals surface area contributed by atoms with Crippen molar-refractivity contribution in [3.8, 4) is 0 Å². The summed E-state index contributed by atoms with van der Waals surface area (Å²) < 4.78 is 0. The van der Waals surface area contributed by atoms with Crippen molar-refractivity contribution in [2.75, 3.05) is 29.0 Å². The maximum Gasteiger partial charge on any atom is 0.271 e. The molecular formula is C12H16N6OS2. The molecule has 1 saturated heterocycles. The van der Waals surface area contributed by atoms with Gasteiger partial charge in [-0.1, -0.05) is 11.3 Å². The molecule has 0 saturated carbocycles. The maximum absolute atomic E-state index is 12.2. The predicted octanol–water partition coefficient (Wildman–Crippen LogP) is 1.28. The van der Waals surface area contributed by atoms with Crippen molar-refractivity contribution in [3.63, 3.8) is 0 Å². The molecule has 7 nitrogen and oxygen atoms in total. The van der Waals surface area contributed by atoms with Crippen molar-refractivity contribution in [2.45, 2.75) is 19.4 Å². The fraction of sp³-hybridized carbons (Fsp3) is 0.417. The lowest BCUT2D eigenvalue weighted by Crippen LogP contribution is -2.26. The van der Waals surface area contributed by atoms with Crippen LogP contribution < -0.4 is 21.7 Å². The lowest BCUT2D eigenvalue weighted by molar-refractivity contribution is 0.103. The first-order valence-electron chi connectivity index (χ1n) is 6.53. The Morgan fingerprint density at radius 2 is 2.33 bits per heavy atom. The minimum atomic E-state index is -0.269. The van der Waals surface area contributed by atoms with E-state index < -0.39 is 0 Å². The minimum absolute atomic E-state index is 0.158. The first-order chi connectivity index (χ1) is 10.0. The molecule has 0 bridgehead atoms. The Morgan fingerprint density at radius 1 is 1.52 bits per heavy atom. The molecule has 1 aliphatic heterocycles. The molecule has 1 atom stereocenters. The number of rotatable bonds is 3. The fourth-order valence-corrected chi connectivity index (χ4v) is 3.74. The highest BCUT2D eigenvalue weighted by molar-refractivity contribution is 7.18. The van der Waals surface area contributed by atoms with Crippen LogP contribution in [0.3, 0.4) is 0 Å². The Kier molecular flexibility index (Phi) is 3.79. The predicted molar refractivity (Wildman–Crippen MR) is 86.1 cm³/mol. The van der Waals surface area contributed by atoms with Gasteiger partial charge in [0.25, 0.3) is 5.91 Å². The molecule has 2 aromatic heterocycles. The average molecular weight is 324 g/mol. The van der Waals surface area contributed by atoms with Gasteiger partial charge < -0.3 is 16.4 Å². The number of thiazole rings is 2. The monoisotopic (exact) mass is 324 g/mol. The SMILES string of the molecule is Cc1csc(NC(=O)c2sc(N3CCC(N)C3)nc2N)n1. The van der Waals surface area contributed by atoms with Gasteiger partial charge in [0.2, 0.25) is 0 Å². The van der Waals surface area contributed by atoms with Gasteiger partial charge in [-0.3, -0.25) is 10.1 Å². The lowest BCUT2D eigenvalue weighted by Gasteiger charge is -2.12. The Bertz CT molecular complexity index is 667. The van der Waals surface area contributed by atoms with Crippen LogP contribution in [0.15, 0.2) is 5.38 Å². The average Bonchev–Trinajstić information content (AvgIpc) is 3.11. The number of nitrogen functional groups attached to an aromatic ring is 1. The Hall–Kier alpha value is -1.71. The molecule has 112 valence electrons. The van der Waals surface area contributed by atoms with Gasteiger partial charge in [0, 0.05) is 24.5 Å². The van der Waals surface area contributed by atoms with Crippen LogP contribution in [0, 0.1) is 6.92 Å². The molecular weight excluding hydrogens is 308 g/mol. The number of aryl methyl sites for hydroxylation is 1. The molecule has 9 heteroatoms. The smallest absolute Gasteiger partial charge is 0.271 e. The van der Waals surface area contributed by atoms with Crippen molar-refractivity contribution in [2.24, 2.45) is 5.73 Å². The highest BCUT2D eigenvalue weighted by Crippen LogP contribution is 2.31. The first kappa shape index (κ1) is 14.2. The van der Waals surface area contributed by atoms with Crippen LogP contribution in [0.5, 0.6) is 0 Å². The van der Waals surface area contributed by atoms with Crippen molar-refractivity contribution in [3.05, 3.63) is 16.0 Å². The number of carbonyl (C=O) groups is 1. The van der Waals surface area contributed by atoms with E-state index in [1.807, 2.05) is 12.3 Å². The van der Waals surface area contributed by atoms with Crippen LogP contribution in [-0.2, 0) is 0 Å². The van der Waals surface area contributed by atoms with Gasteiger partial charge in [-0.25, -0.2) is 9.97 Å². The van der Waals surface area contributed by atoms with Crippen molar-refractivity contribution >= 4 is 44.7 Å². The molecule has 1 unspecified atom stereocenters. The Morgan fingerprint density at radius 3 is 2.95 bits per heavy atom. The van der Waals surface area contributed by atoms with Crippen LogP contribution >= 0.6 is 22.7 Å². The van der Waals surface area contributed by atoms with Crippen LogP contribution in [0.1, 0.15) is 21.8 Å². The third kappa shape index (κ3) is 2.99. The van der Waals surface area contributed by atoms with Gasteiger partial charge in [-0.15, -0.1) is 11.3 Å². The number of aromatic nitrogens is 2. The van der Waals surface area contributed by atoms with Gasteiger partial charge in [0.05, 0.1) is 5.69 Å². The molecule has 0 spiro atoms. The van der Waals surface area contributed by atoms with Gasteiger partial charge in [-0.05, 0) is 13.3 Å². The summed E-state index contributed by atoms with van der Waals surface area (Å²) in [6.45, 7) is 3.47. The number of amides is 1. The van der Waals surface area contributed by atoms with E-state index in [2.05, 4.69) is 20.2 Å². The number of nitrogens with one attached hydrogen (secondary N) is 1. The van der Waals surface area contributed by atoms with E-state index in [4.69, 9.17) is 11.5 Å². The maximum atomic E-state index is 12.2. The molecule has 0 aromatic carbocycles. The fourth-order valence-electron chi connectivity index (χ4n) is 2.14. The van der Waals surface area contributed by atoms with Crippen LogP contribution in [0.25, 0.3) is 0 Å². The van der Waals surface area contributed by atoms with E-state index in [1.165, 1.54) is 22.7 Å². The zero-order chi connectivity index (χ0) is 15.0. The molecule has 3 rings (SSSR count). The summed E-state index contributed by atoms with van der Waals surface area (Å²) in [4.78, 5) is 23.2. The second-order valence-electron chi connectivity index (χ2n) is 4.95. The van der Waals surface area contributed by atoms with Crippen molar-refractivity contribution < 1.29 is 4.79 Å². The van der Waals surface area contributed by atoms with E-state index in [0.29, 0.717) is 10.0 Å². The first-order valence-corrected chi connectivity index (χ1v) is 8.23.